The van der Waals surface area contributed by atoms with Crippen LogP contribution in [0.15, 0.2) is 127 Å². The van der Waals surface area contributed by atoms with Crippen molar-refractivity contribution in [2.24, 2.45) is 0 Å². The highest BCUT2D eigenvalue weighted by Gasteiger charge is 2.35. The van der Waals surface area contributed by atoms with E-state index in [1.807, 2.05) is 77.1 Å². The second-order valence-electron chi connectivity index (χ2n) is 14.1. The molecular weight excluding hydrogens is 734 g/mol. The fourth-order valence-corrected chi connectivity index (χ4v) is 8.00. The van der Waals surface area contributed by atoms with E-state index in [9.17, 15) is 22.8 Å². The first kappa shape index (κ1) is 38.8. The minimum atomic E-state index is -4.46. The first-order chi connectivity index (χ1) is 27.2. The summed E-state index contributed by atoms with van der Waals surface area (Å²) < 4.78 is 39.7. The third-order valence-electron chi connectivity index (χ3n) is 10.4. The first-order valence-corrected chi connectivity index (χ1v) is 19.8. The summed E-state index contributed by atoms with van der Waals surface area (Å²) in [5.74, 6) is 0.467. The molecule has 290 valence electrons. The van der Waals surface area contributed by atoms with Crippen molar-refractivity contribution in [1.29, 1.82) is 0 Å². The van der Waals surface area contributed by atoms with E-state index in [0.717, 1.165) is 66.8 Å². The van der Waals surface area contributed by atoms with Crippen LogP contribution in [0.3, 0.4) is 0 Å². The number of carbonyl (C=O) groups excluding carboxylic acids is 2. The molecule has 12 heteroatoms. The van der Waals surface area contributed by atoms with E-state index >= 15 is 0 Å². The quantitative estimate of drug-likeness (QED) is 0.123. The number of piperazine rings is 2. The van der Waals surface area contributed by atoms with Gasteiger partial charge in [0.15, 0.2) is 0 Å². The van der Waals surface area contributed by atoms with Crippen LogP contribution in [-0.2, 0) is 35.3 Å². The van der Waals surface area contributed by atoms with Gasteiger partial charge in [-0.25, -0.2) is 4.98 Å². The molecular formula is C44H45F3N6O2S. The van der Waals surface area contributed by atoms with Crippen molar-refractivity contribution in [3.63, 3.8) is 0 Å². The molecule has 0 radical (unpaired) electrons. The average molecular weight is 779 g/mol. The summed E-state index contributed by atoms with van der Waals surface area (Å²) in [4.78, 5) is 44.8. The van der Waals surface area contributed by atoms with Crippen LogP contribution < -0.4 is 9.80 Å². The number of nitrogens with zero attached hydrogens (tertiary/aromatic N) is 6. The number of aromatic nitrogens is 1. The Bertz CT molecular complexity index is 2030. The van der Waals surface area contributed by atoms with Gasteiger partial charge in [0.25, 0.3) is 0 Å². The second kappa shape index (κ2) is 18.0. The van der Waals surface area contributed by atoms with Crippen LogP contribution in [0.2, 0.25) is 0 Å². The zero-order valence-corrected chi connectivity index (χ0v) is 31.9. The Labute approximate surface area is 330 Å². The van der Waals surface area contributed by atoms with Crippen molar-refractivity contribution < 1.29 is 22.8 Å². The van der Waals surface area contributed by atoms with Gasteiger partial charge >= 0.3 is 6.18 Å². The van der Waals surface area contributed by atoms with Crippen LogP contribution in [0.1, 0.15) is 27.1 Å². The van der Waals surface area contributed by atoms with Crippen LogP contribution in [0, 0.1) is 0 Å². The summed E-state index contributed by atoms with van der Waals surface area (Å²) in [6, 6.07) is 32.2. The zero-order chi connectivity index (χ0) is 38.9. The molecule has 2 aliphatic rings. The van der Waals surface area contributed by atoms with E-state index in [2.05, 4.69) is 43.9 Å². The molecule has 1 atom stereocenters. The molecule has 2 aliphatic heterocycles. The fourth-order valence-electron chi connectivity index (χ4n) is 7.26. The van der Waals surface area contributed by atoms with E-state index < -0.39 is 23.7 Å². The molecule has 5 aromatic rings. The van der Waals surface area contributed by atoms with Crippen molar-refractivity contribution in [3.8, 4) is 0 Å². The number of hydrogen-bond donors (Lipinski definition) is 0. The Morgan fingerprint density at radius 1 is 0.750 bits per heavy atom. The molecule has 3 aromatic carbocycles. The largest absolute Gasteiger partial charge is 0.416 e. The molecule has 2 saturated heterocycles. The van der Waals surface area contributed by atoms with Crippen molar-refractivity contribution in [2.75, 3.05) is 62.2 Å². The highest BCUT2D eigenvalue weighted by molar-refractivity contribution is 7.09. The molecule has 0 spiro atoms. The van der Waals surface area contributed by atoms with Crippen LogP contribution in [0.4, 0.5) is 24.7 Å². The minimum Gasteiger partial charge on any atom is -0.368 e. The monoisotopic (exact) mass is 778 g/mol. The molecule has 7 rings (SSSR count). The van der Waals surface area contributed by atoms with Gasteiger partial charge in [0, 0.05) is 94.7 Å². The zero-order valence-electron chi connectivity index (χ0n) is 31.1. The third-order valence-corrected chi connectivity index (χ3v) is 11.3. The number of anilines is 2. The Morgan fingerprint density at radius 3 is 2.09 bits per heavy atom. The van der Waals surface area contributed by atoms with Gasteiger partial charge in [-0.1, -0.05) is 66.7 Å². The number of thiophene rings is 1. The first-order valence-electron chi connectivity index (χ1n) is 18.9. The van der Waals surface area contributed by atoms with Gasteiger partial charge in [-0.2, -0.15) is 13.2 Å². The Kier molecular flexibility index (Phi) is 12.5. The number of rotatable bonds is 12. The van der Waals surface area contributed by atoms with E-state index in [4.69, 9.17) is 0 Å². The normalized spacial score (nSPS) is 15.9. The summed E-state index contributed by atoms with van der Waals surface area (Å²) in [5.41, 5.74) is 2.86. The Morgan fingerprint density at radius 2 is 1.45 bits per heavy atom. The van der Waals surface area contributed by atoms with Gasteiger partial charge in [-0.05, 0) is 70.6 Å². The van der Waals surface area contributed by atoms with Crippen LogP contribution in [0.5, 0.6) is 0 Å². The van der Waals surface area contributed by atoms with E-state index in [0.29, 0.717) is 38.2 Å². The Balaban J connectivity index is 1.10. The van der Waals surface area contributed by atoms with Crippen molar-refractivity contribution >= 4 is 40.7 Å². The summed E-state index contributed by atoms with van der Waals surface area (Å²) in [7, 11) is 0. The molecule has 0 bridgehead atoms. The molecule has 2 amide bonds. The lowest BCUT2D eigenvalue weighted by Gasteiger charge is -2.39. The summed E-state index contributed by atoms with van der Waals surface area (Å²) >= 11 is 1.54. The second-order valence-corrected chi connectivity index (χ2v) is 15.2. The fraction of sp³-hybridized carbons (Fsp3) is 0.295. The van der Waals surface area contributed by atoms with Gasteiger partial charge in [-0.3, -0.25) is 14.5 Å². The maximum absolute atomic E-state index is 14.6. The lowest BCUT2D eigenvalue weighted by atomic mass is 10.1. The molecule has 2 aromatic heterocycles. The number of carbonyl (C=O) groups is 2. The highest BCUT2D eigenvalue weighted by Crippen LogP contribution is 2.29. The van der Waals surface area contributed by atoms with Crippen molar-refractivity contribution in [2.45, 2.75) is 31.7 Å². The molecule has 0 N–H and O–H groups in total. The summed E-state index contributed by atoms with van der Waals surface area (Å²) in [6.45, 7) is 6.86. The number of hydrogen-bond acceptors (Lipinski definition) is 7. The van der Waals surface area contributed by atoms with E-state index in [1.54, 1.807) is 16.2 Å². The molecule has 0 saturated carbocycles. The number of amides is 2. The topological polar surface area (TPSA) is 63.2 Å². The average Bonchev–Trinajstić information content (AvgIpc) is 3.76. The lowest BCUT2D eigenvalue weighted by molar-refractivity contribution is -0.145. The van der Waals surface area contributed by atoms with Crippen LogP contribution in [0.25, 0.3) is 6.08 Å². The molecule has 0 unspecified atom stereocenters. The van der Waals surface area contributed by atoms with Crippen LogP contribution >= 0.6 is 11.3 Å². The van der Waals surface area contributed by atoms with Gasteiger partial charge in [0.1, 0.15) is 11.9 Å². The lowest BCUT2D eigenvalue weighted by Crippen LogP contribution is -2.56. The van der Waals surface area contributed by atoms with Crippen molar-refractivity contribution in [3.05, 3.63) is 154 Å². The predicted molar refractivity (Wildman–Crippen MR) is 216 cm³/mol. The van der Waals surface area contributed by atoms with Gasteiger partial charge in [0.2, 0.25) is 11.8 Å². The van der Waals surface area contributed by atoms with Crippen LogP contribution in [-0.4, -0.2) is 89.9 Å². The molecule has 8 nitrogen and oxygen atoms in total. The number of alkyl halides is 3. The SMILES string of the molecule is O=C([C@H](Cc1cccs1)N(Cc1ccc(N2CCN(c3ccccn3)CC2)cc1)C(=O)C=Cc1ccc(C(F)(F)F)cc1)N1CCN(Cc2ccccc2)CC1. The molecule has 2 fully saturated rings. The Hall–Kier alpha value is -5.46. The highest BCUT2D eigenvalue weighted by atomic mass is 32.1. The third kappa shape index (κ3) is 10.0. The number of benzene rings is 3. The number of halogens is 3. The predicted octanol–water partition coefficient (Wildman–Crippen LogP) is 7.49. The minimum absolute atomic E-state index is 0.114. The molecule has 4 heterocycles. The summed E-state index contributed by atoms with van der Waals surface area (Å²) in [5, 5.41) is 1.96. The maximum Gasteiger partial charge on any atom is 0.416 e. The molecule has 0 aliphatic carbocycles. The smallest absolute Gasteiger partial charge is 0.368 e. The van der Waals surface area contributed by atoms with Gasteiger partial charge in [0.05, 0.1) is 5.56 Å². The van der Waals surface area contributed by atoms with Gasteiger partial charge in [-0.15, -0.1) is 11.3 Å². The van der Waals surface area contributed by atoms with Gasteiger partial charge < -0.3 is 19.6 Å². The standard InChI is InChI=1S/C44H45F3N6O2S/c45-44(46,47)37-16-11-34(12-17-37)15-20-42(54)53(33-36-13-18-38(19-14-36)50-26-28-51(29-27-50)41-10-4-5-21-48-41)40(31-39-9-6-30-56-39)43(55)52-24-22-49(23-25-52)32-35-7-2-1-3-8-35/h1-21,30,40H,22-29,31-33H2/t40-/m0/s1. The maximum atomic E-state index is 14.6. The molecule has 56 heavy (non-hydrogen) atoms. The van der Waals surface area contributed by atoms with E-state index in [-0.39, 0.29) is 12.5 Å². The van der Waals surface area contributed by atoms with E-state index in [1.165, 1.54) is 29.8 Å². The van der Waals surface area contributed by atoms with Crippen molar-refractivity contribution in [1.82, 2.24) is 19.7 Å². The summed E-state index contributed by atoms with van der Waals surface area (Å²) in [6.07, 6.45) is 0.577. The number of pyridine rings is 1.